The molecule has 1 saturated heterocycles. The van der Waals surface area contributed by atoms with Crippen molar-refractivity contribution in [2.24, 2.45) is 0 Å². The summed E-state index contributed by atoms with van der Waals surface area (Å²) >= 11 is 4.79. The van der Waals surface area contributed by atoms with E-state index in [1.807, 2.05) is 0 Å². The number of nitrogens with two attached hydrogens (primary N) is 1. The van der Waals surface area contributed by atoms with Crippen molar-refractivity contribution in [2.75, 3.05) is 18.9 Å². The summed E-state index contributed by atoms with van der Waals surface area (Å²) in [5, 5.41) is 22.4. The quantitative estimate of drug-likeness (QED) is 0.422. The molecule has 26 heavy (non-hydrogen) atoms. The van der Waals surface area contributed by atoms with Crippen LogP contribution in [-0.4, -0.2) is 66.6 Å². The van der Waals surface area contributed by atoms with E-state index < -0.39 is 24.5 Å². The van der Waals surface area contributed by atoms with Crippen LogP contribution >= 0.6 is 12.2 Å². The Labute approximate surface area is 156 Å². The van der Waals surface area contributed by atoms with Crippen LogP contribution in [0.4, 0.5) is 5.82 Å². The van der Waals surface area contributed by atoms with Crippen molar-refractivity contribution in [3.8, 4) is 0 Å². The Morgan fingerprint density at radius 3 is 2.88 bits per heavy atom. The van der Waals surface area contributed by atoms with Gasteiger partial charge in [-0.15, -0.1) is 0 Å². The van der Waals surface area contributed by atoms with Crippen LogP contribution in [0.15, 0.2) is 12.7 Å². The second kappa shape index (κ2) is 8.78. The number of hydrogen-bond acceptors (Lipinski definition) is 9. The van der Waals surface area contributed by atoms with Gasteiger partial charge in [0.25, 0.3) is 0 Å². The van der Waals surface area contributed by atoms with E-state index in [-0.39, 0.29) is 12.4 Å². The van der Waals surface area contributed by atoms with Crippen molar-refractivity contribution in [3.05, 3.63) is 12.7 Å². The van der Waals surface area contributed by atoms with E-state index in [9.17, 15) is 10.2 Å². The molecule has 4 N–H and O–H groups in total. The van der Waals surface area contributed by atoms with Crippen molar-refractivity contribution in [1.82, 2.24) is 19.5 Å². The Balaban J connectivity index is 1.57. The molecule has 3 rings (SSSR count). The molecule has 0 amide bonds. The fraction of sp³-hybridized carbons (Fsp3) is 0.625. The van der Waals surface area contributed by atoms with Gasteiger partial charge in [-0.1, -0.05) is 18.6 Å². The summed E-state index contributed by atoms with van der Waals surface area (Å²) in [6.07, 6.45) is 3.08. The molecule has 3 heterocycles. The number of unbranched alkanes of at least 4 members (excludes halogenated alkanes) is 3. The van der Waals surface area contributed by atoms with E-state index in [2.05, 4.69) is 15.0 Å². The zero-order valence-corrected chi connectivity index (χ0v) is 15.1. The van der Waals surface area contributed by atoms with Gasteiger partial charge in [0.2, 0.25) is 0 Å². The number of thiocarbonyl (C=S) groups is 1. The first kappa shape index (κ1) is 19.1. The molecule has 0 spiro atoms. The number of rotatable bonds is 9. The van der Waals surface area contributed by atoms with Gasteiger partial charge in [-0.25, -0.2) is 15.0 Å². The molecule has 2 aromatic rings. The molecule has 2 aromatic heterocycles. The molecule has 9 nitrogen and oxygen atoms in total. The first-order valence-corrected chi connectivity index (χ1v) is 9.06. The molecule has 0 aliphatic carbocycles. The summed E-state index contributed by atoms with van der Waals surface area (Å²) in [5.41, 5.74) is 6.64. The predicted molar refractivity (Wildman–Crippen MR) is 98.6 cm³/mol. The van der Waals surface area contributed by atoms with Crippen LogP contribution in [0.5, 0.6) is 0 Å². The van der Waals surface area contributed by atoms with Crippen molar-refractivity contribution in [2.45, 2.75) is 50.2 Å². The molecule has 142 valence electrons. The minimum Gasteiger partial charge on any atom is -0.387 e. The highest BCUT2D eigenvalue weighted by Gasteiger charge is 2.44. The fourth-order valence-electron chi connectivity index (χ4n) is 2.96. The van der Waals surface area contributed by atoms with E-state index in [0.717, 1.165) is 25.7 Å². The molecule has 1 fully saturated rings. The van der Waals surface area contributed by atoms with Gasteiger partial charge in [0.05, 0.1) is 12.9 Å². The fourth-order valence-corrected chi connectivity index (χ4v) is 3.13. The Bertz CT molecular complexity index is 742. The van der Waals surface area contributed by atoms with Gasteiger partial charge in [0.15, 0.2) is 17.7 Å². The Morgan fingerprint density at radius 1 is 1.23 bits per heavy atom. The predicted octanol–water partition coefficient (Wildman–Crippen LogP) is 0.604. The average Bonchev–Trinajstić information content (AvgIpc) is 3.18. The maximum absolute atomic E-state index is 10.4. The Kier molecular flexibility index (Phi) is 6.43. The summed E-state index contributed by atoms with van der Waals surface area (Å²) in [5.74, 6) is 0.246. The molecule has 1 aliphatic heterocycles. The number of fused-ring (bicyclic) bond motifs is 1. The monoisotopic (exact) mass is 381 g/mol. The molecule has 0 unspecified atom stereocenters. The van der Waals surface area contributed by atoms with Crippen LogP contribution in [0.25, 0.3) is 11.2 Å². The van der Waals surface area contributed by atoms with Crippen LogP contribution in [-0.2, 0) is 9.47 Å². The Hall–Kier alpha value is -1.72. The Morgan fingerprint density at radius 2 is 2.08 bits per heavy atom. The maximum atomic E-state index is 10.4. The SMILES string of the molecule is Nc1ncnc2c1ncn2[C@@H]1O[C@H](COCCCCCC=S)[C@@H](O)[C@H]1O. The molecular weight excluding hydrogens is 358 g/mol. The number of anilines is 1. The smallest absolute Gasteiger partial charge is 0.167 e. The molecular formula is C16H23N5O4S. The average molecular weight is 381 g/mol. The van der Waals surface area contributed by atoms with Crippen molar-refractivity contribution < 1.29 is 19.7 Å². The van der Waals surface area contributed by atoms with E-state index in [1.54, 1.807) is 9.93 Å². The van der Waals surface area contributed by atoms with Gasteiger partial charge in [0.1, 0.15) is 30.2 Å². The number of imidazole rings is 1. The van der Waals surface area contributed by atoms with Crippen LogP contribution < -0.4 is 5.73 Å². The second-order valence-electron chi connectivity index (χ2n) is 6.22. The number of hydrogen-bond donors (Lipinski definition) is 3. The highest BCUT2D eigenvalue weighted by atomic mass is 32.1. The maximum Gasteiger partial charge on any atom is 0.167 e. The van der Waals surface area contributed by atoms with Gasteiger partial charge >= 0.3 is 0 Å². The third-order valence-electron chi connectivity index (χ3n) is 4.39. The lowest BCUT2D eigenvalue weighted by atomic mass is 10.1. The number of aromatic nitrogens is 4. The van der Waals surface area contributed by atoms with E-state index in [1.165, 1.54) is 12.7 Å². The lowest BCUT2D eigenvalue weighted by Crippen LogP contribution is -2.33. The molecule has 0 saturated carbocycles. The lowest BCUT2D eigenvalue weighted by molar-refractivity contribution is -0.0656. The number of nitrogens with zero attached hydrogens (tertiary/aromatic N) is 4. The summed E-state index contributed by atoms with van der Waals surface area (Å²) in [6.45, 7) is 0.772. The highest BCUT2D eigenvalue weighted by molar-refractivity contribution is 7.78. The van der Waals surface area contributed by atoms with Crippen LogP contribution in [0, 0.1) is 0 Å². The third kappa shape index (κ3) is 3.99. The number of aliphatic hydroxyl groups is 2. The topological polar surface area (TPSA) is 129 Å². The minimum absolute atomic E-state index is 0.200. The largest absolute Gasteiger partial charge is 0.387 e. The van der Waals surface area contributed by atoms with Crippen LogP contribution in [0.1, 0.15) is 31.9 Å². The van der Waals surface area contributed by atoms with Gasteiger partial charge in [-0.2, -0.15) is 0 Å². The number of nitrogen functional groups attached to an aromatic ring is 1. The van der Waals surface area contributed by atoms with Gasteiger partial charge < -0.3 is 25.4 Å². The van der Waals surface area contributed by atoms with Crippen LogP contribution in [0.3, 0.4) is 0 Å². The van der Waals surface area contributed by atoms with E-state index in [4.69, 9.17) is 27.4 Å². The molecule has 4 atom stereocenters. The van der Waals surface area contributed by atoms with Crippen molar-refractivity contribution in [1.29, 1.82) is 0 Å². The van der Waals surface area contributed by atoms with Crippen molar-refractivity contribution in [3.63, 3.8) is 0 Å². The normalized spacial score (nSPS) is 25.8. The second-order valence-corrected chi connectivity index (χ2v) is 6.55. The molecule has 0 bridgehead atoms. The van der Waals surface area contributed by atoms with Crippen LogP contribution in [0.2, 0.25) is 0 Å². The molecule has 1 aliphatic rings. The third-order valence-corrected chi connectivity index (χ3v) is 4.63. The summed E-state index contributed by atoms with van der Waals surface area (Å²) < 4.78 is 12.9. The molecule has 0 radical (unpaired) electrons. The van der Waals surface area contributed by atoms with Gasteiger partial charge in [0, 0.05) is 6.61 Å². The molecule has 10 heteroatoms. The minimum atomic E-state index is -1.13. The van der Waals surface area contributed by atoms with Gasteiger partial charge in [-0.3, -0.25) is 4.57 Å². The first-order valence-electron chi connectivity index (χ1n) is 8.59. The standard InChI is InChI=1S/C16H23N5O4S/c17-14-11-15(19-8-18-14)21(9-20-11)16-13(23)12(22)10(25-16)7-24-5-3-1-2-4-6-26/h6,8-10,12-13,16,22-23H,1-5,7H2,(H2,17,18,19)/t10-,12-,13-,16-/m1/s1. The highest BCUT2D eigenvalue weighted by Crippen LogP contribution is 2.32. The zero-order valence-electron chi connectivity index (χ0n) is 14.3. The van der Waals surface area contributed by atoms with E-state index >= 15 is 0 Å². The van der Waals surface area contributed by atoms with E-state index in [0.29, 0.717) is 17.8 Å². The number of ether oxygens (including phenoxy) is 2. The summed E-state index contributed by atoms with van der Waals surface area (Å²) in [7, 11) is 0. The lowest BCUT2D eigenvalue weighted by Gasteiger charge is -2.16. The summed E-state index contributed by atoms with van der Waals surface area (Å²) in [6, 6.07) is 0. The van der Waals surface area contributed by atoms with Crippen molar-refractivity contribution >= 4 is 34.6 Å². The molecule has 0 aromatic carbocycles. The number of aliphatic hydroxyl groups excluding tert-OH is 2. The zero-order chi connectivity index (χ0) is 18.5. The van der Waals surface area contributed by atoms with Gasteiger partial charge in [-0.05, 0) is 24.6 Å². The summed E-state index contributed by atoms with van der Waals surface area (Å²) in [4.78, 5) is 12.2. The first-order chi connectivity index (χ1) is 12.6.